The van der Waals surface area contributed by atoms with Gasteiger partial charge in [-0.15, -0.1) is 0 Å². The van der Waals surface area contributed by atoms with Gasteiger partial charge < -0.3 is 14.3 Å². The number of carbonyl (C=O) groups is 1. The van der Waals surface area contributed by atoms with Crippen LogP contribution in [0.4, 0.5) is 0 Å². The van der Waals surface area contributed by atoms with Gasteiger partial charge in [-0.3, -0.25) is 0 Å². The van der Waals surface area contributed by atoms with Crippen LogP contribution in [0.25, 0.3) is 0 Å². The van der Waals surface area contributed by atoms with Gasteiger partial charge in [0.05, 0.1) is 24.4 Å². The molecule has 3 heteroatoms. The van der Waals surface area contributed by atoms with E-state index in [4.69, 9.17) is 9.47 Å². The first kappa shape index (κ1) is 16.4. The van der Waals surface area contributed by atoms with Gasteiger partial charge in [0, 0.05) is 6.42 Å². The van der Waals surface area contributed by atoms with E-state index in [-0.39, 0.29) is 18.3 Å². The summed E-state index contributed by atoms with van der Waals surface area (Å²) < 4.78 is 12.0. The quantitative estimate of drug-likeness (QED) is 0.551. The topological polar surface area (TPSA) is 35.5 Å². The van der Waals surface area contributed by atoms with E-state index in [9.17, 15) is 4.79 Å². The molecule has 0 saturated carbocycles. The molecule has 0 aromatic carbocycles. The van der Waals surface area contributed by atoms with Crippen molar-refractivity contribution in [2.45, 2.75) is 76.8 Å². The SMILES string of the molecule is C=C1CC(CCC=O)OC1CCC1C[C@@H](C)C(=C)[C@@H](C)O1. The Kier molecular flexibility index (Phi) is 5.77. The smallest absolute Gasteiger partial charge is 0.120 e. The molecule has 0 bridgehead atoms. The second-order valence-corrected chi connectivity index (χ2v) is 6.54. The van der Waals surface area contributed by atoms with Crippen LogP contribution >= 0.6 is 0 Å². The first-order chi connectivity index (χ1) is 10.0. The van der Waals surface area contributed by atoms with Gasteiger partial charge in [0.1, 0.15) is 6.29 Å². The van der Waals surface area contributed by atoms with Crippen LogP contribution < -0.4 is 0 Å². The summed E-state index contributed by atoms with van der Waals surface area (Å²) in [5.41, 5.74) is 2.38. The first-order valence-corrected chi connectivity index (χ1v) is 8.12. The van der Waals surface area contributed by atoms with Crippen LogP contribution in [-0.2, 0) is 14.3 Å². The molecule has 21 heavy (non-hydrogen) atoms. The Bertz CT molecular complexity index is 387. The molecule has 0 amide bonds. The molecule has 0 aliphatic carbocycles. The average Bonchev–Trinajstić information content (AvgIpc) is 2.80. The van der Waals surface area contributed by atoms with Crippen LogP contribution in [0.2, 0.25) is 0 Å². The fraction of sp³-hybridized carbons (Fsp3) is 0.722. The van der Waals surface area contributed by atoms with E-state index in [1.807, 2.05) is 0 Å². The molecule has 2 rings (SSSR count). The lowest BCUT2D eigenvalue weighted by Gasteiger charge is -2.34. The third-order valence-electron chi connectivity index (χ3n) is 4.83. The third-order valence-corrected chi connectivity index (χ3v) is 4.83. The molecule has 0 aromatic heterocycles. The van der Waals surface area contributed by atoms with Crippen molar-refractivity contribution in [3.63, 3.8) is 0 Å². The third kappa shape index (κ3) is 4.27. The lowest BCUT2D eigenvalue weighted by molar-refractivity contribution is -0.108. The monoisotopic (exact) mass is 292 g/mol. The molecule has 3 nitrogen and oxygen atoms in total. The van der Waals surface area contributed by atoms with Crippen LogP contribution in [0.5, 0.6) is 0 Å². The van der Waals surface area contributed by atoms with E-state index in [1.165, 1.54) is 11.1 Å². The van der Waals surface area contributed by atoms with Gasteiger partial charge in [-0.1, -0.05) is 20.1 Å². The summed E-state index contributed by atoms with van der Waals surface area (Å²) in [4.78, 5) is 10.4. The number of ether oxygens (including phenoxy) is 2. The van der Waals surface area contributed by atoms with E-state index >= 15 is 0 Å². The summed E-state index contributed by atoms with van der Waals surface area (Å²) in [6, 6.07) is 0. The lowest BCUT2D eigenvalue weighted by atomic mass is 9.87. The van der Waals surface area contributed by atoms with Crippen molar-refractivity contribution >= 4 is 6.29 Å². The highest BCUT2D eigenvalue weighted by Crippen LogP contribution is 2.34. The molecule has 0 spiro atoms. The van der Waals surface area contributed by atoms with Crippen molar-refractivity contribution in [3.8, 4) is 0 Å². The van der Waals surface area contributed by atoms with Crippen molar-refractivity contribution in [1.29, 1.82) is 0 Å². The maximum Gasteiger partial charge on any atom is 0.120 e. The van der Waals surface area contributed by atoms with Crippen molar-refractivity contribution in [1.82, 2.24) is 0 Å². The molecule has 2 aliphatic rings. The van der Waals surface area contributed by atoms with E-state index in [2.05, 4.69) is 27.0 Å². The normalized spacial score (nSPS) is 37.0. The van der Waals surface area contributed by atoms with Gasteiger partial charge >= 0.3 is 0 Å². The molecule has 118 valence electrons. The van der Waals surface area contributed by atoms with Gasteiger partial charge in [-0.05, 0) is 56.1 Å². The number of carbonyl (C=O) groups excluding carboxylic acids is 1. The van der Waals surface area contributed by atoms with Gasteiger partial charge in [-0.25, -0.2) is 0 Å². The Labute approximate surface area is 128 Å². The molecule has 0 aromatic rings. The largest absolute Gasteiger partial charge is 0.371 e. The number of aldehydes is 1. The van der Waals surface area contributed by atoms with E-state index in [0.29, 0.717) is 18.4 Å². The van der Waals surface area contributed by atoms with Gasteiger partial charge in [0.15, 0.2) is 0 Å². The molecule has 2 saturated heterocycles. The summed E-state index contributed by atoms with van der Waals surface area (Å²) in [5, 5.41) is 0. The molecule has 2 fully saturated rings. The summed E-state index contributed by atoms with van der Waals surface area (Å²) in [6.07, 6.45) is 7.05. The first-order valence-electron chi connectivity index (χ1n) is 8.12. The summed E-state index contributed by atoms with van der Waals surface area (Å²) in [6.45, 7) is 12.6. The molecule has 0 radical (unpaired) electrons. The van der Waals surface area contributed by atoms with E-state index in [1.54, 1.807) is 0 Å². The Hall–Kier alpha value is -0.930. The van der Waals surface area contributed by atoms with Crippen LogP contribution in [0.1, 0.15) is 52.4 Å². The zero-order valence-electron chi connectivity index (χ0n) is 13.3. The van der Waals surface area contributed by atoms with Gasteiger partial charge in [0.2, 0.25) is 0 Å². The number of rotatable bonds is 6. The lowest BCUT2D eigenvalue weighted by Crippen LogP contribution is -2.32. The van der Waals surface area contributed by atoms with Crippen LogP contribution in [-0.4, -0.2) is 30.7 Å². The van der Waals surface area contributed by atoms with E-state index < -0.39 is 0 Å². The Morgan fingerprint density at radius 1 is 1.14 bits per heavy atom. The Morgan fingerprint density at radius 2 is 1.90 bits per heavy atom. The standard InChI is InChI=1S/C18H28O3/c1-12-10-17(20-15(4)14(12)3)7-8-18-13(2)11-16(21-18)6-5-9-19/h9,12,15-18H,2-3,5-8,10-11H2,1,4H3/t12-,15-,16?,17?,18?/m1/s1. The van der Waals surface area contributed by atoms with Crippen molar-refractivity contribution in [3.05, 3.63) is 24.3 Å². The minimum Gasteiger partial charge on any atom is -0.371 e. The predicted molar refractivity (Wildman–Crippen MR) is 84.2 cm³/mol. The van der Waals surface area contributed by atoms with Crippen molar-refractivity contribution in [2.75, 3.05) is 0 Å². The summed E-state index contributed by atoms with van der Waals surface area (Å²) in [5.74, 6) is 0.534. The van der Waals surface area contributed by atoms with Crippen molar-refractivity contribution in [2.24, 2.45) is 5.92 Å². The highest BCUT2D eigenvalue weighted by Gasteiger charge is 2.31. The maximum absolute atomic E-state index is 10.4. The summed E-state index contributed by atoms with van der Waals surface area (Å²) >= 11 is 0. The molecule has 3 unspecified atom stereocenters. The zero-order valence-corrected chi connectivity index (χ0v) is 13.3. The van der Waals surface area contributed by atoms with Crippen LogP contribution in [0.3, 0.4) is 0 Å². The summed E-state index contributed by atoms with van der Waals surface area (Å²) in [7, 11) is 0. The Morgan fingerprint density at radius 3 is 2.57 bits per heavy atom. The molecule has 2 heterocycles. The molecule has 5 atom stereocenters. The fourth-order valence-corrected chi connectivity index (χ4v) is 3.40. The molecule has 2 aliphatic heterocycles. The number of hydrogen-bond acceptors (Lipinski definition) is 3. The molecule has 0 N–H and O–H groups in total. The average molecular weight is 292 g/mol. The maximum atomic E-state index is 10.4. The second kappa shape index (κ2) is 7.37. The minimum atomic E-state index is 0.140. The Balaban J connectivity index is 1.77. The molecular formula is C18H28O3. The van der Waals surface area contributed by atoms with Crippen LogP contribution in [0.15, 0.2) is 24.3 Å². The second-order valence-electron chi connectivity index (χ2n) is 6.54. The molecular weight excluding hydrogens is 264 g/mol. The number of hydrogen-bond donors (Lipinski definition) is 0. The highest BCUT2D eigenvalue weighted by molar-refractivity contribution is 5.49. The van der Waals surface area contributed by atoms with Gasteiger partial charge in [0.25, 0.3) is 0 Å². The highest BCUT2D eigenvalue weighted by atomic mass is 16.5. The fourth-order valence-electron chi connectivity index (χ4n) is 3.40. The van der Waals surface area contributed by atoms with Crippen molar-refractivity contribution < 1.29 is 14.3 Å². The minimum absolute atomic E-state index is 0.140. The van der Waals surface area contributed by atoms with Crippen LogP contribution in [0, 0.1) is 5.92 Å². The van der Waals surface area contributed by atoms with Gasteiger partial charge in [-0.2, -0.15) is 0 Å². The van der Waals surface area contributed by atoms with E-state index in [0.717, 1.165) is 38.4 Å². The predicted octanol–water partition coefficient (Wildman–Crippen LogP) is 3.83. The zero-order chi connectivity index (χ0) is 15.4.